The van der Waals surface area contributed by atoms with Gasteiger partial charge in [-0.05, 0) is 260 Å². The van der Waals surface area contributed by atoms with Gasteiger partial charge in [-0.1, -0.05) is 41.5 Å². The van der Waals surface area contributed by atoms with E-state index in [1.54, 1.807) is 0 Å². The van der Waals surface area contributed by atoms with E-state index in [9.17, 15) is 30.0 Å². The van der Waals surface area contributed by atoms with Crippen LogP contribution in [0.25, 0.3) is 0 Å². The average Bonchev–Trinajstić information content (AvgIpc) is 1.40. The highest BCUT2D eigenvalue weighted by molar-refractivity contribution is 5.88. The van der Waals surface area contributed by atoms with E-state index >= 15 is 0 Å². The molecule has 3 aromatic heterocycles. The lowest BCUT2D eigenvalue weighted by molar-refractivity contribution is -0.623. The van der Waals surface area contributed by atoms with Crippen molar-refractivity contribution < 1.29 is 28.6 Å². The molecule has 3 aromatic rings. The first-order valence-corrected chi connectivity index (χ1v) is 34.7. The monoisotopic (exact) mass is 1140 g/mol. The minimum Gasteiger partial charge on any atom is -0.618 e. The Kier molecular flexibility index (Phi) is 15.1. The third-order valence-corrected chi connectivity index (χ3v) is 29.9. The van der Waals surface area contributed by atoms with Crippen molar-refractivity contribution in [3.63, 3.8) is 0 Å². The van der Waals surface area contributed by atoms with Crippen LogP contribution in [0.15, 0.2) is 54.6 Å². The summed E-state index contributed by atoms with van der Waals surface area (Å²) >= 11 is 0. The average molecular weight is 1140 g/mol. The van der Waals surface area contributed by atoms with Crippen LogP contribution in [0.1, 0.15) is 267 Å². The molecule has 3 heterocycles. The molecule has 12 saturated carbocycles. The van der Waals surface area contributed by atoms with Crippen molar-refractivity contribution in [1.29, 1.82) is 0 Å². The summed E-state index contributed by atoms with van der Waals surface area (Å²) in [5, 5.41) is 37.8. The lowest BCUT2D eigenvalue weighted by Gasteiger charge is -2.60. The molecule has 12 aliphatic carbocycles. The zero-order valence-corrected chi connectivity index (χ0v) is 53.2. The molecule has 9 heteroatoms. The van der Waals surface area contributed by atoms with E-state index in [1.807, 2.05) is 57.2 Å². The van der Waals surface area contributed by atoms with E-state index in [0.717, 1.165) is 164 Å². The smallest absolute Gasteiger partial charge is 0.196 e. The largest absolute Gasteiger partial charge is 0.618 e. The Morgan fingerprint density at radius 1 is 0.345 bits per heavy atom. The Bertz CT molecular complexity index is 2730. The van der Waals surface area contributed by atoms with Crippen LogP contribution in [0.3, 0.4) is 0 Å². The zero-order valence-electron chi connectivity index (χ0n) is 53.2. The molecular formula is C75H105N3O6. The summed E-state index contributed by atoms with van der Waals surface area (Å²) in [7, 11) is 0. The molecule has 12 fully saturated rings. The number of hydrogen-bond donors (Lipinski definition) is 0. The van der Waals surface area contributed by atoms with Crippen molar-refractivity contribution in [2.45, 2.75) is 253 Å². The number of aryl methyl sites for hydroxylation is 3. The summed E-state index contributed by atoms with van der Waals surface area (Å²) in [6, 6.07) is 18.0. The molecule has 9 nitrogen and oxygen atoms in total. The number of carbonyl (C=O) groups excluding carboxylic acids is 3. The van der Waals surface area contributed by atoms with Gasteiger partial charge in [0.1, 0.15) is 17.3 Å². The van der Waals surface area contributed by atoms with Crippen LogP contribution < -0.4 is 14.2 Å². The Labute approximate surface area is 504 Å². The fourth-order valence-electron chi connectivity index (χ4n) is 24.7. The van der Waals surface area contributed by atoms with E-state index in [1.165, 1.54) is 111 Å². The Balaban J connectivity index is 0.000000118. The molecule has 84 heavy (non-hydrogen) atoms. The van der Waals surface area contributed by atoms with Gasteiger partial charge in [0.15, 0.2) is 34.2 Å². The van der Waals surface area contributed by atoms with Crippen LogP contribution in [0.5, 0.6) is 0 Å². The first-order valence-electron chi connectivity index (χ1n) is 34.7. The van der Waals surface area contributed by atoms with Crippen molar-refractivity contribution in [2.75, 3.05) is 0 Å². The number of Topliss-reactive ketones (excluding diaryl/α,β-unsaturated/α-hetero) is 3. The number of fused-ring (bicyclic) bond motifs is 15. The molecule has 0 saturated heterocycles. The van der Waals surface area contributed by atoms with Gasteiger partial charge in [-0.3, -0.25) is 14.4 Å². The molecular weight excluding hydrogens is 1040 g/mol. The highest BCUT2D eigenvalue weighted by Gasteiger charge is 2.64. The molecule has 15 rings (SSSR count). The van der Waals surface area contributed by atoms with Crippen LogP contribution in [0.4, 0.5) is 0 Å². The van der Waals surface area contributed by atoms with Crippen LogP contribution in [-0.2, 0) is 14.4 Å². The molecule has 456 valence electrons. The number of hydrogen-bond acceptors (Lipinski definition) is 6. The molecule has 0 amide bonds. The van der Waals surface area contributed by atoms with Crippen LogP contribution in [-0.4, -0.2) is 17.3 Å². The van der Waals surface area contributed by atoms with Gasteiger partial charge < -0.3 is 15.6 Å². The summed E-state index contributed by atoms with van der Waals surface area (Å²) in [6.45, 7) is 20.3. The number of ketones is 3. The van der Waals surface area contributed by atoms with E-state index in [4.69, 9.17) is 0 Å². The molecule has 0 bridgehead atoms. The summed E-state index contributed by atoms with van der Waals surface area (Å²) < 4.78 is 3.53. The van der Waals surface area contributed by atoms with Crippen molar-refractivity contribution in [1.82, 2.24) is 0 Å². The highest BCUT2D eigenvalue weighted by atomic mass is 16.5. The zero-order chi connectivity index (χ0) is 59.0. The van der Waals surface area contributed by atoms with Gasteiger partial charge in [0, 0.05) is 110 Å². The topological polar surface area (TPSA) is 132 Å². The van der Waals surface area contributed by atoms with Gasteiger partial charge in [-0.15, -0.1) is 0 Å². The predicted molar refractivity (Wildman–Crippen MR) is 329 cm³/mol. The maximum Gasteiger partial charge on any atom is 0.196 e. The summed E-state index contributed by atoms with van der Waals surface area (Å²) in [4.78, 5) is 37.8. The Morgan fingerprint density at radius 2 is 0.619 bits per heavy atom. The molecule has 0 unspecified atom stereocenters. The number of pyridine rings is 3. The van der Waals surface area contributed by atoms with Crippen molar-refractivity contribution >= 4 is 17.3 Å². The van der Waals surface area contributed by atoms with Gasteiger partial charge in [0.05, 0.1) is 0 Å². The Morgan fingerprint density at radius 3 is 0.893 bits per heavy atom. The molecule has 12 aliphatic rings. The molecule has 0 radical (unpaired) electrons. The van der Waals surface area contributed by atoms with Crippen molar-refractivity contribution in [3.8, 4) is 0 Å². The number of nitrogens with zero attached hydrogens (tertiary/aromatic N) is 3. The minimum absolute atomic E-state index is 0.0166. The molecule has 0 aliphatic heterocycles. The second kappa shape index (κ2) is 21.6. The lowest BCUT2D eigenvalue weighted by atomic mass is 9.44. The normalized spacial score (nSPS) is 45.2. The van der Waals surface area contributed by atoms with Gasteiger partial charge in [0.2, 0.25) is 0 Å². The molecule has 0 spiro atoms. The minimum atomic E-state index is -0.0166. The number of rotatable bonds is 3. The number of aromatic nitrogens is 3. The first-order chi connectivity index (χ1) is 40.0. The van der Waals surface area contributed by atoms with Crippen molar-refractivity contribution in [3.05, 3.63) is 104 Å². The van der Waals surface area contributed by atoms with Gasteiger partial charge in [0.25, 0.3) is 0 Å². The second-order valence-electron chi connectivity index (χ2n) is 32.8. The Hall–Kier alpha value is -4.14. The quantitative estimate of drug-likeness (QED) is 0.190. The van der Waals surface area contributed by atoms with Crippen molar-refractivity contribution in [2.24, 2.45) is 104 Å². The van der Waals surface area contributed by atoms with E-state index in [0.29, 0.717) is 69.1 Å². The SMILES string of the molecule is Cc1cccc([C@H]2CC[C@@]3(C)[C@@H](CC[C@@H]4[C@@H]3CC[C@]3(C)C(=O)CC[C@@H]43)C2)[n+]1[O-].Cc1cccc([C@H]2CC[C@@]3(C)[C@@H](CC[C@@H]4[C@@H]3CC[C@]3(C)C(=O)CC[C@@H]43)C2)[n+]1[O-].Cc1cccc([C@H]2CC[C@@]3(C)[C@@H](CC[C@@H]4[C@@H]3CC[C@]3(C)C(=O)CC[C@@H]43)C2)[n+]1[O-]. The van der Waals surface area contributed by atoms with Gasteiger partial charge >= 0.3 is 0 Å². The third kappa shape index (κ3) is 9.18. The third-order valence-electron chi connectivity index (χ3n) is 29.9. The van der Waals surface area contributed by atoms with E-state index in [-0.39, 0.29) is 16.2 Å². The van der Waals surface area contributed by atoms with E-state index in [2.05, 4.69) is 59.7 Å². The molecule has 0 aromatic carbocycles. The lowest BCUT2D eigenvalue weighted by Crippen LogP contribution is -2.53. The fourth-order valence-corrected chi connectivity index (χ4v) is 24.7. The fraction of sp³-hybridized carbons (Fsp3) is 0.760. The summed E-state index contributed by atoms with van der Waals surface area (Å²) in [6.07, 6.45) is 31.4. The van der Waals surface area contributed by atoms with Gasteiger partial charge in [-0.25, -0.2) is 0 Å². The van der Waals surface area contributed by atoms with Crippen LogP contribution in [0, 0.1) is 140 Å². The molecule has 21 atom stereocenters. The maximum absolute atomic E-state index is 12.6. The maximum atomic E-state index is 12.6. The van der Waals surface area contributed by atoms with Crippen LogP contribution >= 0.6 is 0 Å². The van der Waals surface area contributed by atoms with Crippen LogP contribution in [0.2, 0.25) is 0 Å². The first kappa shape index (κ1) is 58.9. The second-order valence-corrected chi connectivity index (χ2v) is 32.8. The predicted octanol–water partition coefficient (Wildman–Crippen LogP) is 16.0. The highest BCUT2D eigenvalue weighted by Crippen LogP contribution is 2.70. The number of carbonyl (C=O) groups is 3. The summed E-state index contributed by atoms with van der Waals surface area (Å²) in [5.41, 5.74) is 6.57. The standard InChI is InChI=1S/3C25H35NO2/c3*1-16-5-4-6-22(26(16)28)17-11-13-24(2)18(15-17)7-8-19-20-9-10-23(27)25(20,3)14-12-21(19)24/h3*4-6,17-21H,7-15H2,1-3H3/t3*17-,18-,19-,20-,21-,24-,25-/m000/s1. The molecule has 0 N–H and O–H groups in total. The van der Waals surface area contributed by atoms with Gasteiger partial charge in [-0.2, -0.15) is 14.2 Å². The summed E-state index contributed by atoms with van der Waals surface area (Å²) in [5.74, 6) is 11.6. The van der Waals surface area contributed by atoms with E-state index < -0.39 is 0 Å².